The summed E-state index contributed by atoms with van der Waals surface area (Å²) in [6.07, 6.45) is -3.78. The van der Waals surface area contributed by atoms with E-state index in [-0.39, 0.29) is 24.6 Å². The van der Waals surface area contributed by atoms with Crippen LogP contribution in [0.25, 0.3) is 0 Å². The van der Waals surface area contributed by atoms with Gasteiger partial charge in [-0.15, -0.1) is 0 Å². The summed E-state index contributed by atoms with van der Waals surface area (Å²) in [6, 6.07) is 7.03. The molecule has 0 fully saturated rings. The number of hydrogen-bond acceptors (Lipinski definition) is 7. The zero-order chi connectivity index (χ0) is 24.7. The largest absolute Gasteiger partial charge is 0.493 e. The first-order valence-corrected chi connectivity index (χ1v) is 10.6. The Balaban J connectivity index is 1.47. The van der Waals surface area contributed by atoms with Gasteiger partial charge in [0.15, 0.2) is 29.0 Å². The van der Waals surface area contributed by atoms with Gasteiger partial charge in [0, 0.05) is 18.2 Å². The van der Waals surface area contributed by atoms with Gasteiger partial charge in [0.05, 0.1) is 26.5 Å². The topological polar surface area (TPSA) is 95.9 Å². The minimum Gasteiger partial charge on any atom is -0.493 e. The molecule has 5 rings (SSSR count). The van der Waals surface area contributed by atoms with Gasteiger partial charge in [-0.05, 0) is 29.8 Å². The standard InChI is InChI=1S/C23H21F3N4O5/c1-32-16-5-3-12(7-18(16)33-2)15-9-20(23(24,25)26)30-21(29-15)14(10-27-30)22(31)28-13-4-6-17-19(8-13)35-11-34-17/h3-8,10,15,20,29H,9,11H2,1-2H3,(H,28,31)/t15-,20+/m1/s1. The Hall–Kier alpha value is -4.09. The van der Waals surface area contributed by atoms with Crippen LogP contribution in [-0.4, -0.2) is 42.9 Å². The van der Waals surface area contributed by atoms with Crippen molar-refractivity contribution in [3.63, 3.8) is 0 Å². The second-order valence-corrected chi connectivity index (χ2v) is 7.98. The number of halogens is 3. The quantitative estimate of drug-likeness (QED) is 0.542. The lowest BCUT2D eigenvalue weighted by atomic mass is 9.96. The van der Waals surface area contributed by atoms with Crippen LogP contribution in [0.5, 0.6) is 23.0 Å². The molecule has 0 radical (unpaired) electrons. The van der Waals surface area contributed by atoms with Gasteiger partial charge < -0.3 is 29.6 Å². The molecule has 2 N–H and O–H groups in total. The summed E-state index contributed by atoms with van der Waals surface area (Å²) >= 11 is 0. The van der Waals surface area contributed by atoms with E-state index in [1.54, 1.807) is 36.4 Å². The van der Waals surface area contributed by atoms with E-state index in [1.165, 1.54) is 14.2 Å². The number of methoxy groups -OCH3 is 2. The molecular formula is C23H21F3N4O5. The number of nitrogens with zero attached hydrogens (tertiary/aromatic N) is 2. The number of ether oxygens (including phenoxy) is 4. The lowest BCUT2D eigenvalue weighted by molar-refractivity contribution is -0.173. The molecule has 2 aromatic carbocycles. The van der Waals surface area contributed by atoms with Crippen molar-refractivity contribution in [1.29, 1.82) is 0 Å². The number of anilines is 2. The van der Waals surface area contributed by atoms with Crippen molar-refractivity contribution in [3.8, 4) is 23.0 Å². The Morgan fingerprint density at radius 3 is 2.63 bits per heavy atom. The van der Waals surface area contributed by atoms with Gasteiger partial charge in [0.2, 0.25) is 6.79 Å². The van der Waals surface area contributed by atoms with Crippen LogP contribution in [-0.2, 0) is 0 Å². The minimum absolute atomic E-state index is 0.0258. The Bertz CT molecular complexity index is 1280. The summed E-state index contributed by atoms with van der Waals surface area (Å²) in [5.74, 6) is 1.19. The Morgan fingerprint density at radius 1 is 1.11 bits per heavy atom. The van der Waals surface area contributed by atoms with Crippen LogP contribution in [0, 0.1) is 0 Å². The maximum Gasteiger partial charge on any atom is 0.410 e. The molecule has 0 unspecified atom stereocenters. The number of nitrogens with one attached hydrogen (secondary N) is 2. The van der Waals surface area contributed by atoms with Gasteiger partial charge in [-0.3, -0.25) is 4.79 Å². The first-order valence-electron chi connectivity index (χ1n) is 10.6. The molecule has 9 nitrogen and oxygen atoms in total. The molecule has 0 saturated carbocycles. The number of aromatic nitrogens is 2. The van der Waals surface area contributed by atoms with Gasteiger partial charge in [-0.2, -0.15) is 18.3 Å². The van der Waals surface area contributed by atoms with Gasteiger partial charge in [0.25, 0.3) is 5.91 Å². The van der Waals surface area contributed by atoms with E-state index >= 15 is 0 Å². The predicted octanol–water partition coefficient (Wildman–Crippen LogP) is 4.54. The lowest BCUT2D eigenvalue weighted by Crippen LogP contribution is -2.36. The smallest absolute Gasteiger partial charge is 0.410 e. The lowest BCUT2D eigenvalue weighted by Gasteiger charge is -2.34. The number of fused-ring (bicyclic) bond motifs is 2. The maximum absolute atomic E-state index is 14.0. The van der Waals surface area contributed by atoms with Gasteiger partial charge in [0.1, 0.15) is 11.4 Å². The number of rotatable bonds is 5. The van der Waals surface area contributed by atoms with Crippen LogP contribution < -0.4 is 29.6 Å². The van der Waals surface area contributed by atoms with Crippen molar-refractivity contribution in [2.24, 2.45) is 0 Å². The van der Waals surface area contributed by atoms with Crippen LogP contribution in [0.1, 0.15) is 34.4 Å². The molecule has 0 spiro atoms. The summed E-state index contributed by atoms with van der Waals surface area (Å²) in [6.45, 7) is 0.0734. The summed E-state index contributed by atoms with van der Waals surface area (Å²) in [5, 5.41) is 9.64. The zero-order valence-electron chi connectivity index (χ0n) is 18.7. The molecule has 0 saturated heterocycles. The molecule has 35 heavy (non-hydrogen) atoms. The Kier molecular flexibility index (Phi) is 5.58. The number of hydrogen-bond donors (Lipinski definition) is 2. The highest BCUT2D eigenvalue weighted by Gasteiger charge is 2.47. The number of alkyl halides is 3. The summed E-state index contributed by atoms with van der Waals surface area (Å²) in [7, 11) is 2.92. The Labute approximate surface area is 197 Å². The number of amides is 1. The fourth-order valence-corrected chi connectivity index (χ4v) is 4.19. The fraction of sp³-hybridized carbons (Fsp3) is 0.304. The molecular weight excluding hydrogens is 469 g/mol. The second kappa shape index (κ2) is 8.60. The highest BCUT2D eigenvalue weighted by Crippen LogP contribution is 2.45. The third-order valence-electron chi connectivity index (χ3n) is 5.92. The highest BCUT2D eigenvalue weighted by atomic mass is 19.4. The zero-order valence-corrected chi connectivity index (χ0v) is 18.7. The average molecular weight is 490 g/mol. The second-order valence-electron chi connectivity index (χ2n) is 7.98. The maximum atomic E-state index is 14.0. The third-order valence-corrected chi connectivity index (χ3v) is 5.92. The van der Waals surface area contributed by atoms with Crippen molar-refractivity contribution >= 4 is 17.4 Å². The van der Waals surface area contributed by atoms with Crippen molar-refractivity contribution in [1.82, 2.24) is 9.78 Å². The van der Waals surface area contributed by atoms with Crippen LogP contribution in [0.3, 0.4) is 0 Å². The van der Waals surface area contributed by atoms with Crippen LogP contribution in [0.2, 0.25) is 0 Å². The van der Waals surface area contributed by atoms with Crippen molar-refractivity contribution in [2.75, 3.05) is 31.6 Å². The van der Waals surface area contributed by atoms with Crippen molar-refractivity contribution in [2.45, 2.75) is 24.7 Å². The number of benzene rings is 2. The first-order chi connectivity index (χ1) is 16.8. The van der Waals surface area contributed by atoms with E-state index in [0.29, 0.717) is 34.2 Å². The normalized spacial score (nSPS) is 18.4. The number of carbonyl (C=O) groups excluding carboxylic acids is 1. The van der Waals surface area contributed by atoms with E-state index in [9.17, 15) is 18.0 Å². The molecule has 1 amide bonds. The predicted molar refractivity (Wildman–Crippen MR) is 118 cm³/mol. The fourth-order valence-electron chi connectivity index (χ4n) is 4.19. The van der Waals surface area contributed by atoms with Crippen LogP contribution in [0.4, 0.5) is 24.7 Å². The van der Waals surface area contributed by atoms with Gasteiger partial charge in [-0.25, -0.2) is 4.68 Å². The minimum atomic E-state index is -4.58. The molecule has 0 aliphatic carbocycles. The molecule has 3 aromatic rings. The third kappa shape index (κ3) is 4.15. The van der Waals surface area contributed by atoms with E-state index < -0.39 is 24.2 Å². The van der Waals surface area contributed by atoms with E-state index in [4.69, 9.17) is 18.9 Å². The van der Waals surface area contributed by atoms with E-state index in [0.717, 1.165) is 10.9 Å². The molecule has 1 aromatic heterocycles. The molecule has 2 atom stereocenters. The SMILES string of the molecule is COc1ccc([C@H]2C[C@@H](C(F)(F)F)n3ncc(C(=O)Nc4ccc5c(c4)OCO5)c3N2)cc1OC. The van der Waals surface area contributed by atoms with E-state index in [1.807, 2.05) is 0 Å². The Morgan fingerprint density at radius 2 is 1.89 bits per heavy atom. The monoisotopic (exact) mass is 490 g/mol. The summed E-state index contributed by atoms with van der Waals surface area (Å²) < 4.78 is 63.9. The first kappa shape index (κ1) is 22.7. The molecule has 2 aliphatic rings. The number of carbonyl (C=O) groups is 1. The van der Waals surface area contributed by atoms with Gasteiger partial charge >= 0.3 is 6.18 Å². The average Bonchev–Trinajstić information content (AvgIpc) is 3.48. The van der Waals surface area contributed by atoms with Crippen LogP contribution >= 0.6 is 0 Å². The summed E-state index contributed by atoms with van der Waals surface area (Å²) in [5.41, 5.74) is 0.924. The highest BCUT2D eigenvalue weighted by molar-refractivity contribution is 6.07. The van der Waals surface area contributed by atoms with E-state index in [2.05, 4.69) is 15.7 Å². The molecule has 0 bridgehead atoms. The van der Waals surface area contributed by atoms with Gasteiger partial charge in [-0.1, -0.05) is 6.07 Å². The molecule has 184 valence electrons. The molecule has 12 heteroatoms. The van der Waals surface area contributed by atoms with Crippen molar-refractivity contribution in [3.05, 3.63) is 53.7 Å². The summed E-state index contributed by atoms with van der Waals surface area (Å²) in [4.78, 5) is 13.0. The van der Waals surface area contributed by atoms with Crippen LogP contribution in [0.15, 0.2) is 42.6 Å². The molecule has 2 aliphatic heterocycles. The van der Waals surface area contributed by atoms with Crippen molar-refractivity contribution < 1.29 is 36.9 Å². The molecule has 3 heterocycles.